The van der Waals surface area contributed by atoms with E-state index < -0.39 is 0 Å². The van der Waals surface area contributed by atoms with Crippen molar-refractivity contribution in [2.75, 3.05) is 13.1 Å². The first kappa shape index (κ1) is 8.72. The molecule has 1 aliphatic rings. The van der Waals surface area contributed by atoms with Crippen LogP contribution in [-0.4, -0.2) is 27.6 Å². The molecular weight excluding hydrogens is 164 g/mol. The summed E-state index contributed by atoms with van der Waals surface area (Å²) in [5.74, 6) is 0. The highest BCUT2D eigenvalue weighted by Crippen LogP contribution is 2.05. The van der Waals surface area contributed by atoms with Crippen LogP contribution in [-0.2, 0) is 13.6 Å². The molecule has 0 unspecified atom stereocenters. The number of nitrogens with one attached hydrogen (secondary N) is 1. The van der Waals surface area contributed by atoms with Crippen molar-refractivity contribution in [2.45, 2.75) is 19.4 Å². The average molecular weight is 180 g/mol. The predicted octanol–water partition coefficient (Wildman–Crippen LogP) is 0.520. The molecule has 1 aromatic rings. The van der Waals surface area contributed by atoms with Gasteiger partial charge in [-0.3, -0.25) is 5.43 Å². The van der Waals surface area contributed by atoms with E-state index in [4.69, 9.17) is 0 Å². The molecule has 1 saturated heterocycles. The summed E-state index contributed by atoms with van der Waals surface area (Å²) in [5, 5.41) is 2.26. The Kier molecular flexibility index (Phi) is 2.61. The van der Waals surface area contributed by atoms with Crippen molar-refractivity contribution in [3.8, 4) is 0 Å². The summed E-state index contributed by atoms with van der Waals surface area (Å²) in [7, 11) is 2.03. The van der Waals surface area contributed by atoms with Crippen molar-refractivity contribution in [1.29, 1.82) is 0 Å². The van der Waals surface area contributed by atoms with Crippen LogP contribution in [0.4, 0.5) is 0 Å². The fourth-order valence-corrected chi connectivity index (χ4v) is 1.61. The molecule has 4 nitrogen and oxygen atoms in total. The van der Waals surface area contributed by atoms with E-state index in [1.807, 2.05) is 19.6 Å². The van der Waals surface area contributed by atoms with Gasteiger partial charge in [0.2, 0.25) is 0 Å². The first-order valence-corrected chi connectivity index (χ1v) is 4.80. The Labute approximate surface area is 78.5 Å². The van der Waals surface area contributed by atoms with E-state index >= 15 is 0 Å². The minimum Gasteiger partial charge on any atom is -0.337 e. The second-order valence-corrected chi connectivity index (χ2v) is 3.53. The standard InChI is InChI=1S/C9H16N4/c1-12-8-10-6-9(12)7-13-5-3-2-4-11-13/h6,8,11H,2-5,7H2,1H3. The highest BCUT2D eigenvalue weighted by atomic mass is 15.5. The van der Waals surface area contributed by atoms with Gasteiger partial charge in [0, 0.05) is 26.3 Å². The number of aryl methyl sites for hydroxylation is 1. The number of hydrogen-bond acceptors (Lipinski definition) is 3. The van der Waals surface area contributed by atoms with Crippen LogP contribution in [0.2, 0.25) is 0 Å². The number of hydrazine groups is 1. The minimum atomic E-state index is 0.955. The molecule has 13 heavy (non-hydrogen) atoms. The Morgan fingerprint density at radius 3 is 3.08 bits per heavy atom. The third-order valence-corrected chi connectivity index (χ3v) is 2.46. The molecule has 1 N–H and O–H groups in total. The molecule has 4 heteroatoms. The maximum absolute atomic E-state index is 4.10. The number of rotatable bonds is 2. The number of imidazole rings is 1. The van der Waals surface area contributed by atoms with Crippen molar-refractivity contribution in [1.82, 2.24) is 20.0 Å². The maximum Gasteiger partial charge on any atom is 0.0945 e. The Morgan fingerprint density at radius 1 is 1.54 bits per heavy atom. The van der Waals surface area contributed by atoms with Crippen LogP contribution in [0, 0.1) is 0 Å². The van der Waals surface area contributed by atoms with Crippen LogP contribution in [0.25, 0.3) is 0 Å². The number of aromatic nitrogens is 2. The molecule has 1 fully saturated rings. The minimum absolute atomic E-state index is 0.955. The van der Waals surface area contributed by atoms with Crippen LogP contribution in [0.15, 0.2) is 12.5 Å². The molecule has 0 saturated carbocycles. The molecule has 0 atom stereocenters. The van der Waals surface area contributed by atoms with Gasteiger partial charge in [0.1, 0.15) is 0 Å². The van der Waals surface area contributed by atoms with Crippen molar-refractivity contribution < 1.29 is 0 Å². The molecule has 2 rings (SSSR count). The Morgan fingerprint density at radius 2 is 2.46 bits per heavy atom. The highest BCUT2D eigenvalue weighted by Gasteiger charge is 2.10. The Hall–Kier alpha value is -0.870. The van der Waals surface area contributed by atoms with Gasteiger partial charge in [0.05, 0.1) is 18.6 Å². The van der Waals surface area contributed by atoms with Gasteiger partial charge < -0.3 is 4.57 Å². The van der Waals surface area contributed by atoms with E-state index in [1.165, 1.54) is 18.5 Å². The van der Waals surface area contributed by atoms with E-state index in [1.54, 1.807) is 0 Å². The fraction of sp³-hybridized carbons (Fsp3) is 0.667. The molecule has 1 aromatic heterocycles. The second kappa shape index (κ2) is 3.89. The number of hydrogen-bond donors (Lipinski definition) is 1. The summed E-state index contributed by atoms with van der Waals surface area (Å²) in [5.41, 5.74) is 4.64. The van der Waals surface area contributed by atoms with E-state index in [9.17, 15) is 0 Å². The van der Waals surface area contributed by atoms with Gasteiger partial charge in [0.25, 0.3) is 0 Å². The number of nitrogens with zero attached hydrogens (tertiary/aromatic N) is 3. The summed E-state index contributed by atoms with van der Waals surface area (Å²) < 4.78 is 2.07. The predicted molar refractivity (Wildman–Crippen MR) is 50.9 cm³/mol. The lowest BCUT2D eigenvalue weighted by Crippen LogP contribution is -2.42. The third-order valence-electron chi connectivity index (χ3n) is 2.46. The molecule has 2 heterocycles. The zero-order valence-electron chi connectivity index (χ0n) is 8.03. The molecule has 0 spiro atoms. The van der Waals surface area contributed by atoms with Crippen LogP contribution in [0.5, 0.6) is 0 Å². The normalized spacial score (nSPS) is 19.2. The first-order valence-electron chi connectivity index (χ1n) is 4.80. The average Bonchev–Trinajstić information content (AvgIpc) is 2.54. The molecule has 0 radical (unpaired) electrons. The zero-order valence-corrected chi connectivity index (χ0v) is 8.03. The first-order chi connectivity index (χ1) is 6.36. The van der Waals surface area contributed by atoms with Crippen molar-refractivity contribution >= 4 is 0 Å². The molecule has 0 aliphatic carbocycles. The van der Waals surface area contributed by atoms with Crippen LogP contribution >= 0.6 is 0 Å². The molecular formula is C9H16N4. The van der Waals surface area contributed by atoms with Gasteiger partial charge in [-0.05, 0) is 12.8 Å². The molecule has 1 aliphatic heterocycles. The van der Waals surface area contributed by atoms with Gasteiger partial charge >= 0.3 is 0 Å². The molecule has 0 amide bonds. The molecule has 0 aromatic carbocycles. The summed E-state index contributed by atoms with van der Waals surface area (Å²) >= 11 is 0. The van der Waals surface area contributed by atoms with Crippen molar-refractivity contribution in [2.24, 2.45) is 7.05 Å². The maximum atomic E-state index is 4.10. The van der Waals surface area contributed by atoms with E-state index in [0.29, 0.717) is 0 Å². The van der Waals surface area contributed by atoms with Gasteiger partial charge in [-0.15, -0.1) is 0 Å². The van der Waals surface area contributed by atoms with E-state index in [2.05, 4.69) is 20.0 Å². The van der Waals surface area contributed by atoms with Crippen molar-refractivity contribution in [3.05, 3.63) is 18.2 Å². The van der Waals surface area contributed by atoms with Gasteiger partial charge in [-0.25, -0.2) is 9.99 Å². The SMILES string of the molecule is Cn1cncc1CN1CCCCN1. The Bertz CT molecular complexity index is 262. The van der Waals surface area contributed by atoms with E-state index in [0.717, 1.165) is 19.6 Å². The van der Waals surface area contributed by atoms with Gasteiger partial charge in [0.15, 0.2) is 0 Å². The van der Waals surface area contributed by atoms with Crippen LogP contribution in [0.3, 0.4) is 0 Å². The monoisotopic (exact) mass is 180 g/mol. The third kappa shape index (κ3) is 2.08. The van der Waals surface area contributed by atoms with Gasteiger partial charge in [-0.2, -0.15) is 0 Å². The largest absolute Gasteiger partial charge is 0.337 e. The lowest BCUT2D eigenvalue weighted by atomic mass is 10.2. The lowest BCUT2D eigenvalue weighted by molar-refractivity contribution is 0.141. The van der Waals surface area contributed by atoms with Crippen molar-refractivity contribution in [3.63, 3.8) is 0 Å². The summed E-state index contributed by atoms with van der Waals surface area (Å²) in [6.45, 7) is 3.21. The van der Waals surface area contributed by atoms with Crippen LogP contribution in [0.1, 0.15) is 18.5 Å². The summed E-state index contributed by atoms with van der Waals surface area (Å²) in [4.78, 5) is 4.10. The smallest absolute Gasteiger partial charge is 0.0945 e. The molecule has 72 valence electrons. The van der Waals surface area contributed by atoms with Crippen LogP contribution < -0.4 is 5.43 Å². The lowest BCUT2D eigenvalue weighted by Gasteiger charge is -2.27. The van der Waals surface area contributed by atoms with E-state index in [-0.39, 0.29) is 0 Å². The Balaban J connectivity index is 1.93. The zero-order chi connectivity index (χ0) is 9.10. The highest BCUT2D eigenvalue weighted by molar-refractivity contribution is 4.96. The molecule has 0 bridgehead atoms. The second-order valence-electron chi connectivity index (χ2n) is 3.53. The van der Waals surface area contributed by atoms with Gasteiger partial charge in [-0.1, -0.05) is 0 Å². The topological polar surface area (TPSA) is 33.1 Å². The summed E-state index contributed by atoms with van der Waals surface area (Å²) in [6, 6.07) is 0. The summed E-state index contributed by atoms with van der Waals surface area (Å²) in [6.07, 6.45) is 6.36. The quantitative estimate of drug-likeness (QED) is 0.720. The fourth-order valence-electron chi connectivity index (χ4n) is 1.61.